The summed E-state index contributed by atoms with van der Waals surface area (Å²) in [5.74, 6) is -1.25. The Bertz CT molecular complexity index is 1450. The molecule has 7 nitrogen and oxygen atoms in total. The van der Waals surface area contributed by atoms with Gasteiger partial charge in [-0.25, -0.2) is 4.98 Å². The summed E-state index contributed by atoms with van der Waals surface area (Å²) < 4.78 is 6.42. The van der Waals surface area contributed by atoms with Gasteiger partial charge in [-0.15, -0.1) is 0 Å². The molecule has 4 aromatic rings. The first-order valence-electron chi connectivity index (χ1n) is 10.5. The number of Topliss-reactive ketones (excluding diaryl/α,β-unsaturated/α-hetero) is 1. The molecular formula is C25H18ClN3O4S. The highest BCUT2D eigenvalue weighted by molar-refractivity contribution is 7.22. The van der Waals surface area contributed by atoms with E-state index in [0.29, 0.717) is 39.2 Å². The van der Waals surface area contributed by atoms with Crippen LogP contribution in [-0.4, -0.2) is 33.4 Å². The van der Waals surface area contributed by atoms with Gasteiger partial charge in [0.05, 0.1) is 28.4 Å². The minimum absolute atomic E-state index is 0.0258. The van der Waals surface area contributed by atoms with Crippen LogP contribution in [0.5, 0.6) is 5.75 Å². The van der Waals surface area contributed by atoms with Gasteiger partial charge in [0.2, 0.25) is 0 Å². The summed E-state index contributed by atoms with van der Waals surface area (Å²) in [7, 11) is 0. The number of aliphatic hydroxyl groups excluding tert-OH is 1. The number of amides is 1. The lowest BCUT2D eigenvalue weighted by molar-refractivity contribution is -0.132. The van der Waals surface area contributed by atoms with Crippen molar-refractivity contribution >= 4 is 55.7 Å². The molecule has 3 heterocycles. The van der Waals surface area contributed by atoms with Crippen LogP contribution in [0.4, 0.5) is 5.13 Å². The van der Waals surface area contributed by atoms with Crippen LogP contribution >= 0.6 is 22.9 Å². The van der Waals surface area contributed by atoms with Gasteiger partial charge in [0, 0.05) is 23.0 Å². The molecule has 1 aliphatic heterocycles. The summed E-state index contributed by atoms with van der Waals surface area (Å²) >= 11 is 7.38. The monoisotopic (exact) mass is 491 g/mol. The van der Waals surface area contributed by atoms with Gasteiger partial charge in [0.15, 0.2) is 5.13 Å². The van der Waals surface area contributed by atoms with E-state index in [1.165, 1.54) is 28.6 Å². The number of thiazole rings is 1. The normalized spacial score (nSPS) is 17.5. The van der Waals surface area contributed by atoms with Crippen molar-refractivity contribution in [2.24, 2.45) is 0 Å². The summed E-state index contributed by atoms with van der Waals surface area (Å²) in [4.78, 5) is 36.5. The van der Waals surface area contributed by atoms with E-state index in [2.05, 4.69) is 9.97 Å². The van der Waals surface area contributed by atoms with Crippen molar-refractivity contribution in [3.63, 3.8) is 0 Å². The van der Waals surface area contributed by atoms with Crippen molar-refractivity contribution in [2.45, 2.75) is 13.0 Å². The van der Waals surface area contributed by atoms with Gasteiger partial charge in [-0.05, 0) is 55.0 Å². The Morgan fingerprint density at radius 3 is 2.71 bits per heavy atom. The second-order valence-electron chi connectivity index (χ2n) is 7.52. The van der Waals surface area contributed by atoms with Crippen LogP contribution in [0.1, 0.15) is 24.1 Å². The number of hydrogen-bond acceptors (Lipinski definition) is 7. The number of halogens is 1. The molecule has 170 valence electrons. The maximum absolute atomic E-state index is 13.3. The largest absolute Gasteiger partial charge is 0.507 e. The van der Waals surface area contributed by atoms with Gasteiger partial charge in [0.1, 0.15) is 11.5 Å². The zero-order valence-corrected chi connectivity index (χ0v) is 19.5. The molecule has 0 bridgehead atoms. The van der Waals surface area contributed by atoms with Crippen molar-refractivity contribution < 1.29 is 19.4 Å². The number of ether oxygens (including phenoxy) is 1. The van der Waals surface area contributed by atoms with Crippen LogP contribution < -0.4 is 9.64 Å². The molecule has 1 aliphatic rings. The number of ketones is 1. The van der Waals surface area contributed by atoms with E-state index in [-0.39, 0.29) is 11.3 Å². The molecule has 5 rings (SSSR count). The van der Waals surface area contributed by atoms with Crippen molar-refractivity contribution in [1.82, 2.24) is 9.97 Å². The molecule has 0 aliphatic carbocycles. The Morgan fingerprint density at radius 1 is 1.15 bits per heavy atom. The Morgan fingerprint density at radius 2 is 1.94 bits per heavy atom. The van der Waals surface area contributed by atoms with E-state index in [1.54, 1.807) is 54.6 Å². The average molecular weight is 492 g/mol. The highest BCUT2D eigenvalue weighted by atomic mass is 35.5. The minimum Gasteiger partial charge on any atom is -0.507 e. The van der Waals surface area contributed by atoms with Crippen LogP contribution in [0.15, 0.2) is 72.6 Å². The number of nitrogens with zero attached hydrogens (tertiary/aromatic N) is 3. The lowest BCUT2D eigenvalue weighted by Gasteiger charge is -2.23. The second-order valence-corrected chi connectivity index (χ2v) is 8.96. The van der Waals surface area contributed by atoms with Crippen molar-refractivity contribution in [1.29, 1.82) is 0 Å². The summed E-state index contributed by atoms with van der Waals surface area (Å²) in [5, 5.41) is 12.0. The zero-order valence-electron chi connectivity index (χ0n) is 17.9. The second kappa shape index (κ2) is 8.89. The lowest BCUT2D eigenvalue weighted by atomic mass is 9.95. The molecule has 1 unspecified atom stereocenters. The SMILES string of the molecule is CCOc1cccc(C2C(=C(O)c3ccncc3)C(=O)C(=O)N2c2nc3ccc(Cl)cc3s2)c1. The molecule has 0 radical (unpaired) electrons. The predicted octanol–water partition coefficient (Wildman–Crippen LogP) is 5.37. The molecule has 0 spiro atoms. The molecule has 1 N–H and O–H groups in total. The fourth-order valence-corrected chi connectivity index (χ4v) is 5.21. The van der Waals surface area contributed by atoms with Crippen molar-refractivity contribution in [2.75, 3.05) is 11.5 Å². The van der Waals surface area contributed by atoms with Crippen molar-refractivity contribution in [3.05, 3.63) is 88.7 Å². The standard InChI is InChI=1S/C25H18ClN3O4S/c1-2-33-17-5-3-4-15(12-17)21-20(22(30)14-8-10-27-11-9-14)23(31)24(32)29(21)25-28-18-7-6-16(26)13-19(18)34-25/h3-13,21,30H,2H2,1H3. The number of hydrogen-bond donors (Lipinski definition) is 1. The molecule has 9 heteroatoms. The summed E-state index contributed by atoms with van der Waals surface area (Å²) in [6.07, 6.45) is 3.01. The van der Waals surface area contributed by atoms with Gasteiger partial charge in [-0.3, -0.25) is 19.5 Å². The highest BCUT2D eigenvalue weighted by Crippen LogP contribution is 2.45. The van der Waals surface area contributed by atoms with Crippen LogP contribution in [0.3, 0.4) is 0 Å². The number of rotatable bonds is 5. The maximum Gasteiger partial charge on any atom is 0.301 e. The molecule has 1 amide bonds. The Balaban J connectivity index is 1.73. The number of fused-ring (bicyclic) bond motifs is 1. The van der Waals surface area contributed by atoms with E-state index in [9.17, 15) is 14.7 Å². The van der Waals surface area contributed by atoms with Gasteiger partial charge in [-0.2, -0.15) is 0 Å². The number of aromatic nitrogens is 2. The molecule has 34 heavy (non-hydrogen) atoms. The van der Waals surface area contributed by atoms with E-state index >= 15 is 0 Å². The molecular weight excluding hydrogens is 474 g/mol. The van der Waals surface area contributed by atoms with E-state index in [1.807, 2.05) is 6.92 Å². The number of carbonyl (C=O) groups is 2. The fourth-order valence-electron chi connectivity index (χ4n) is 3.94. The van der Waals surface area contributed by atoms with Gasteiger partial charge < -0.3 is 9.84 Å². The first kappa shape index (κ1) is 22.1. The molecule has 2 aromatic carbocycles. The summed E-state index contributed by atoms with van der Waals surface area (Å²) in [5.41, 5.74) is 1.62. The van der Waals surface area contributed by atoms with Crippen LogP contribution in [0.2, 0.25) is 5.02 Å². The van der Waals surface area contributed by atoms with Gasteiger partial charge in [0.25, 0.3) is 5.78 Å². The number of carbonyl (C=O) groups excluding carboxylic acids is 2. The average Bonchev–Trinajstić information content (AvgIpc) is 3.37. The van der Waals surface area contributed by atoms with Crippen LogP contribution in [0.25, 0.3) is 16.0 Å². The van der Waals surface area contributed by atoms with Crippen LogP contribution in [0, 0.1) is 0 Å². The fraction of sp³-hybridized carbons (Fsp3) is 0.120. The predicted molar refractivity (Wildman–Crippen MR) is 131 cm³/mol. The Hall–Kier alpha value is -3.75. The van der Waals surface area contributed by atoms with E-state index in [4.69, 9.17) is 16.3 Å². The third kappa shape index (κ3) is 3.81. The summed E-state index contributed by atoms with van der Waals surface area (Å²) in [6, 6.07) is 14.6. The molecule has 1 atom stereocenters. The van der Waals surface area contributed by atoms with Crippen molar-refractivity contribution in [3.8, 4) is 5.75 Å². The molecule has 1 saturated heterocycles. The highest BCUT2D eigenvalue weighted by Gasteiger charge is 2.48. The van der Waals surface area contributed by atoms with Gasteiger partial charge in [-0.1, -0.05) is 35.1 Å². The Labute approximate surface area is 203 Å². The Kier molecular flexibility index (Phi) is 5.77. The minimum atomic E-state index is -0.899. The zero-order chi connectivity index (χ0) is 23.8. The topological polar surface area (TPSA) is 92.6 Å². The number of aliphatic hydroxyl groups is 1. The maximum atomic E-state index is 13.3. The third-order valence-electron chi connectivity index (χ3n) is 5.43. The summed E-state index contributed by atoms with van der Waals surface area (Å²) in [6.45, 7) is 2.33. The third-order valence-corrected chi connectivity index (χ3v) is 6.68. The first-order valence-corrected chi connectivity index (χ1v) is 11.7. The van der Waals surface area contributed by atoms with E-state index < -0.39 is 17.7 Å². The number of benzene rings is 2. The lowest BCUT2D eigenvalue weighted by Crippen LogP contribution is -2.29. The van der Waals surface area contributed by atoms with Gasteiger partial charge >= 0.3 is 5.91 Å². The number of pyridine rings is 1. The smallest absolute Gasteiger partial charge is 0.301 e. The number of anilines is 1. The molecule has 2 aromatic heterocycles. The first-order chi connectivity index (χ1) is 16.5. The van der Waals surface area contributed by atoms with E-state index in [0.717, 1.165) is 4.70 Å². The molecule has 1 fully saturated rings. The molecule has 0 saturated carbocycles. The quantitative estimate of drug-likeness (QED) is 0.229. The van der Waals surface area contributed by atoms with Crippen LogP contribution in [-0.2, 0) is 9.59 Å².